The van der Waals surface area contributed by atoms with Crippen LogP contribution in [0, 0.1) is 0 Å². The standard InChI is InChI=1S/C13H16N2O3/c14-11(9-5-2-1-3-6-9)12(16)15-8-4-7-10(15)13(17)18/h1-3,5-6,10-11H,4,7-8,14H2,(H,17,18)/t10?,11-/m1/s1. The van der Waals surface area contributed by atoms with Crippen LogP contribution < -0.4 is 5.73 Å². The number of rotatable bonds is 3. The van der Waals surface area contributed by atoms with E-state index in [1.165, 1.54) is 4.90 Å². The Bertz CT molecular complexity index is 447. The number of carbonyl (C=O) groups is 2. The molecule has 0 aliphatic carbocycles. The number of aliphatic carboxylic acids is 1. The number of carboxylic acids is 1. The van der Waals surface area contributed by atoms with Crippen molar-refractivity contribution in [3.63, 3.8) is 0 Å². The van der Waals surface area contributed by atoms with Crippen molar-refractivity contribution in [3.05, 3.63) is 35.9 Å². The van der Waals surface area contributed by atoms with Crippen molar-refractivity contribution >= 4 is 11.9 Å². The van der Waals surface area contributed by atoms with Crippen LogP contribution in [0.2, 0.25) is 0 Å². The second-order valence-electron chi connectivity index (χ2n) is 4.42. The maximum Gasteiger partial charge on any atom is 0.326 e. The summed E-state index contributed by atoms with van der Waals surface area (Å²) in [6, 6.07) is 7.49. The quantitative estimate of drug-likeness (QED) is 0.827. The lowest BCUT2D eigenvalue weighted by Crippen LogP contribution is -2.44. The van der Waals surface area contributed by atoms with Gasteiger partial charge in [0, 0.05) is 6.54 Å². The summed E-state index contributed by atoms with van der Waals surface area (Å²) in [4.78, 5) is 24.6. The molecule has 1 aliphatic heterocycles. The molecule has 3 N–H and O–H groups in total. The molecule has 1 aromatic rings. The molecule has 0 aromatic heterocycles. The molecule has 0 saturated carbocycles. The summed E-state index contributed by atoms with van der Waals surface area (Å²) in [6.45, 7) is 0.469. The predicted octanol–water partition coefficient (Wildman–Crippen LogP) is 0.762. The van der Waals surface area contributed by atoms with Gasteiger partial charge in [0.25, 0.3) is 0 Å². The fraction of sp³-hybridized carbons (Fsp3) is 0.385. The van der Waals surface area contributed by atoms with Crippen molar-refractivity contribution < 1.29 is 14.7 Å². The van der Waals surface area contributed by atoms with Gasteiger partial charge in [-0.1, -0.05) is 30.3 Å². The summed E-state index contributed by atoms with van der Waals surface area (Å²) in [5, 5.41) is 9.05. The minimum absolute atomic E-state index is 0.314. The highest BCUT2D eigenvalue weighted by atomic mass is 16.4. The SMILES string of the molecule is N[C@@H](C(=O)N1CCCC1C(=O)O)c1ccccc1. The zero-order valence-electron chi connectivity index (χ0n) is 9.95. The van der Waals surface area contributed by atoms with E-state index in [0.717, 1.165) is 0 Å². The second kappa shape index (κ2) is 5.18. The predicted molar refractivity (Wildman–Crippen MR) is 65.7 cm³/mol. The van der Waals surface area contributed by atoms with E-state index in [1.54, 1.807) is 24.3 Å². The fourth-order valence-corrected chi connectivity index (χ4v) is 2.27. The molecule has 1 unspecified atom stereocenters. The van der Waals surface area contributed by atoms with E-state index in [2.05, 4.69) is 0 Å². The van der Waals surface area contributed by atoms with Gasteiger partial charge in [-0.15, -0.1) is 0 Å². The Morgan fingerprint density at radius 3 is 2.61 bits per heavy atom. The Hall–Kier alpha value is -1.88. The van der Waals surface area contributed by atoms with E-state index in [9.17, 15) is 9.59 Å². The summed E-state index contributed by atoms with van der Waals surface area (Å²) in [6.07, 6.45) is 1.22. The van der Waals surface area contributed by atoms with Crippen LogP contribution in [-0.4, -0.2) is 34.5 Å². The summed E-state index contributed by atoms with van der Waals surface area (Å²) in [5.41, 5.74) is 6.60. The van der Waals surface area contributed by atoms with Crippen molar-refractivity contribution in [2.24, 2.45) is 5.73 Å². The van der Waals surface area contributed by atoms with Gasteiger partial charge >= 0.3 is 5.97 Å². The smallest absolute Gasteiger partial charge is 0.326 e. The van der Waals surface area contributed by atoms with Gasteiger partial charge < -0.3 is 15.7 Å². The maximum atomic E-state index is 12.2. The first-order valence-electron chi connectivity index (χ1n) is 5.95. The van der Waals surface area contributed by atoms with Gasteiger partial charge in [-0.3, -0.25) is 4.79 Å². The van der Waals surface area contributed by atoms with Gasteiger partial charge in [-0.05, 0) is 18.4 Å². The van der Waals surface area contributed by atoms with Crippen molar-refractivity contribution in [2.75, 3.05) is 6.54 Å². The number of likely N-dealkylation sites (tertiary alicyclic amines) is 1. The molecule has 96 valence electrons. The van der Waals surface area contributed by atoms with Crippen LogP contribution in [-0.2, 0) is 9.59 Å². The molecule has 2 atom stereocenters. The molecule has 5 heteroatoms. The molecule has 0 bridgehead atoms. The van der Waals surface area contributed by atoms with Crippen molar-refractivity contribution in [1.82, 2.24) is 4.90 Å². The van der Waals surface area contributed by atoms with Crippen LogP contribution in [0.5, 0.6) is 0 Å². The van der Waals surface area contributed by atoms with Crippen LogP contribution in [0.25, 0.3) is 0 Å². The van der Waals surface area contributed by atoms with E-state index in [1.807, 2.05) is 6.07 Å². The third-order valence-electron chi connectivity index (χ3n) is 3.25. The van der Waals surface area contributed by atoms with Gasteiger partial charge in [0.2, 0.25) is 5.91 Å². The lowest BCUT2D eigenvalue weighted by molar-refractivity contribution is -0.148. The van der Waals surface area contributed by atoms with Gasteiger partial charge in [-0.2, -0.15) is 0 Å². The molecule has 5 nitrogen and oxygen atoms in total. The average molecular weight is 248 g/mol. The number of amides is 1. The molecule has 0 radical (unpaired) electrons. The van der Waals surface area contributed by atoms with Crippen molar-refractivity contribution in [1.29, 1.82) is 0 Å². The van der Waals surface area contributed by atoms with Crippen molar-refractivity contribution in [3.8, 4) is 0 Å². The van der Waals surface area contributed by atoms with E-state index >= 15 is 0 Å². The van der Waals surface area contributed by atoms with Crippen LogP contribution in [0.15, 0.2) is 30.3 Å². The molecule has 1 fully saturated rings. The third-order valence-corrected chi connectivity index (χ3v) is 3.25. The maximum absolute atomic E-state index is 12.2. The van der Waals surface area contributed by atoms with Crippen LogP contribution in [0.4, 0.5) is 0 Å². The first-order valence-corrected chi connectivity index (χ1v) is 5.95. The van der Waals surface area contributed by atoms with Crippen molar-refractivity contribution in [2.45, 2.75) is 24.9 Å². The summed E-state index contributed by atoms with van der Waals surface area (Å²) in [7, 11) is 0. The number of hydrogen-bond donors (Lipinski definition) is 2. The number of benzene rings is 1. The Balaban J connectivity index is 2.14. The second-order valence-corrected chi connectivity index (χ2v) is 4.42. The van der Waals surface area contributed by atoms with Gasteiger partial charge in [0.15, 0.2) is 0 Å². The lowest BCUT2D eigenvalue weighted by Gasteiger charge is -2.24. The molecule has 2 rings (SSSR count). The number of hydrogen-bond acceptors (Lipinski definition) is 3. The normalized spacial score (nSPS) is 20.7. The minimum atomic E-state index is -0.957. The summed E-state index contributed by atoms with van der Waals surface area (Å²) >= 11 is 0. The number of carbonyl (C=O) groups excluding carboxylic acids is 1. The topological polar surface area (TPSA) is 83.6 Å². The first kappa shape index (κ1) is 12.6. The number of carboxylic acid groups (broad SMARTS) is 1. The molecule has 1 heterocycles. The van der Waals surface area contributed by atoms with Gasteiger partial charge in [-0.25, -0.2) is 4.79 Å². The van der Waals surface area contributed by atoms with Gasteiger partial charge in [0.05, 0.1) is 0 Å². The molecular weight excluding hydrogens is 232 g/mol. The number of nitrogens with zero attached hydrogens (tertiary/aromatic N) is 1. The van der Waals surface area contributed by atoms with E-state index < -0.39 is 18.1 Å². The third kappa shape index (κ3) is 2.36. The molecule has 1 aromatic carbocycles. The molecule has 1 amide bonds. The van der Waals surface area contributed by atoms with Gasteiger partial charge in [0.1, 0.15) is 12.1 Å². The monoisotopic (exact) mass is 248 g/mol. The zero-order chi connectivity index (χ0) is 13.1. The highest BCUT2D eigenvalue weighted by Crippen LogP contribution is 2.22. The molecule has 0 spiro atoms. The first-order chi connectivity index (χ1) is 8.61. The highest BCUT2D eigenvalue weighted by molar-refractivity contribution is 5.88. The van der Waals surface area contributed by atoms with E-state index in [-0.39, 0.29) is 5.91 Å². The molecule has 1 aliphatic rings. The fourth-order valence-electron chi connectivity index (χ4n) is 2.27. The Labute approximate surface area is 105 Å². The number of nitrogens with two attached hydrogens (primary N) is 1. The Morgan fingerprint density at radius 1 is 1.33 bits per heavy atom. The van der Waals surface area contributed by atoms with Crippen LogP contribution >= 0.6 is 0 Å². The highest BCUT2D eigenvalue weighted by Gasteiger charge is 2.36. The molecular formula is C13H16N2O3. The van der Waals surface area contributed by atoms with Crippen LogP contribution in [0.3, 0.4) is 0 Å². The molecule has 18 heavy (non-hydrogen) atoms. The lowest BCUT2D eigenvalue weighted by atomic mass is 10.1. The Kier molecular flexibility index (Phi) is 3.62. The van der Waals surface area contributed by atoms with Crippen LogP contribution in [0.1, 0.15) is 24.4 Å². The zero-order valence-corrected chi connectivity index (χ0v) is 9.95. The Morgan fingerprint density at radius 2 is 2.00 bits per heavy atom. The average Bonchev–Trinajstić information content (AvgIpc) is 2.87. The summed E-state index contributed by atoms with van der Waals surface area (Å²) < 4.78 is 0. The summed E-state index contributed by atoms with van der Waals surface area (Å²) in [5.74, 6) is -1.27. The largest absolute Gasteiger partial charge is 0.480 e. The molecule has 1 saturated heterocycles. The van der Waals surface area contributed by atoms with E-state index in [4.69, 9.17) is 10.8 Å². The minimum Gasteiger partial charge on any atom is -0.480 e. The van der Waals surface area contributed by atoms with E-state index in [0.29, 0.717) is 24.9 Å².